The van der Waals surface area contributed by atoms with E-state index in [2.05, 4.69) is 5.16 Å². The first-order valence-electron chi connectivity index (χ1n) is 8.27. The van der Waals surface area contributed by atoms with Crippen LogP contribution in [0, 0.1) is 0 Å². The van der Waals surface area contributed by atoms with Gasteiger partial charge in [-0.15, -0.1) is 0 Å². The molecule has 2 rings (SSSR count). The van der Waals surface area contributed by atoms with Gasteiger partial charge in [-0.1, -0.05) is 25.9 Å². The monoisotopic (exact) mass is 357 g/mol. The fourth-order valence-corrected chi connectivity index (χ4v) is 4.12. The molecule has 1 atom stereocenters. The number of rotatable bonds is 6. The smallest absolute Gasteiger partial charge is 0.165 e. The minimum atomic E-state index is -3.62. The molecular weight excluding hydrogens is 330 g/mol. The summed E-state index contributed by atoms with van der Waals surface area (Å²) in [6, 6.07) is 1.72. The maximum Gasteiger partial charge on any atom is 0.165 e. The quantitative estimate of drug-likeness (QED) is 0.777. The Morgan fingerprint density at radius 1 is 1.29 bits per heavy atom. The van der Waals surface area contributed by atoms with Crippen LogP contribution in [0.15, 0.2) is 10.6 Å². The summed E-state index contributed by atoms with van der Waals surface area (Å²) in [7, 11) is -3.62. The molecule has 24 heavy (non-hydrogen) atoms. The summed E-state index contributed by atoms with van der Waals surface area (Å²) in [5.74, 6) is 0.178. The van der Waals surface area contributed by atoms with Gasteiger partial charge >= 0.3 is 0 Å². The molecule has 1 saturated heterocycles. The zero-order valence-electron chi connectivity index (χ0n) is 15.1. The van der Waals surface area contributed by atoms with E-state index in [-0.39, 0.29) is 29.5 Å². The van der Waals surface area contributed by atoms with Crippen LogP contribution in [0.25, 0.3) is 0 Å². The summed E-state index contributed by atoms with van der Waals surface area (Å²) in [4.78, 5) is 12.6. The normalized spacial score (nSPS) is 19.6. The van der Waals surface area contributed by atoms with Crippen molar-refractivity contribution in [3.8, 4) is 0 Å². The number of carbonyl (C=O) groups excluding carboxylic acids is 1. The van der Waals surface area contributed by atoms with Gasteiger partial charge in [-0.05, 0) is 26.7 Å². The van der Waals surface area contributed by atoms with Crippen LogP contribution in [0.2, 0.25) is 0 Å². The van der Waals surface area contributed by atoms with E-state index in [9.17, 15) is 13.2 Å². The molecule has 136 valence electrons. The maximum atomic E-state index is 12.7. The fourth-order valence-electron chi connectivity index (χ4n) is 2.53. The van der Waals surface area contributed by atoms with Crippen LogP contribution in [0.1, 0.15) is 58.9 Å². The van der Waals surface area contributed by atoms with Gasteiger partial charge in [-0.2, -0.15) is 0 Å². The molecule has 6 nitrogen and oxygen atoms in total. The second-order valence-electron chi connectivity index (χ2n) is 7.96. The van der Waals surface area contributed by atoms with Crippen molar-refractivity contribution in [3.05, 3.63) is 17.5 Å². The average molecular weight is 357 g/mol. The lowest BCUT2D eigenvalue weighted by Crippen LogP contribution is -2.45. The second-order valence-corrected chi connectivity index (χ2v) is 10.5. The number of nitrogens with zero attached hydrogens (tertiary/aromatic N) is 1. The molecule has 0 bridgehead atoms. The first kappa shape index (κ1) is 19.1. The lowest BCUT2D eigenvalue weighted by molar-refractivity contribution is -0.120. The number of ketones is 1. The van der Waals surface area contributed by atoms with Gasteiger partial charge in [0, 0.05) is 18.1 Å². The summed E-state index contributed by atoms with van der Waals surface area (Å²) in [6.07, 6.45) is 1.23. The minimum absolute atomic E-state index is 0.0582. The highest BCUT2D eigenvalue weighted by molar-refractivity contribution is 7.93. The molecule has 1 aliphatic heterocycles. The van der Waals surface area contributed by atoms with Gasteiger partial charge in [0.25, 0.3) is 0 Å². The molecule has 2 heterocycles. The molecule has 1 aromatic rings. The van der Waals surface area contributed by atoms with Gasteiger partial charge in [-0.25, -0.2) is 8.42 Å². The number of hydrogen-bond acceptors (Lipinski definition) is 6. The van der Waals surface area contributed by atoms with Crippen LogP contribution in [0.4, 0.5) is 0 Å². The maximum absolute atomic E-state index is 12.7. The summed E-state index contributed by atoms with van der Waals surface area (Å²) in [5.41, 5.74) is 0.251. The summed E-state index contributed by atoms with van der Waals surface area (Å²) >= 11 is 0. The van der Waals surface area contributed by atoms with Crippen molar-refractivity contribution < 1.29 is 22.5 Å². The predicted molar refractivity (Wildman–Crippen MR) is 90.8 cm³/mol. The van der Waals surface area contributed by atoms with E-state index >= 15 is 0 Å². The highest BCUT2D eigenvalue weighted by Gasteiger charge is 2.43. The van der Waals surface area contributed by atoms with Gasteiger partial charge in [0.2, 0.25) is 0 Å². The molecule has 0 spiro atoms. The van der Waals surface area contributed by atoms with Crippen LogP contribution in [-0.4, -0.2) is 42.6 Å². The van der Waals surface area contributed by atoms with E-state index in [1.54, 1.807) is 6.07 Å². The van der Waals surface area contributed by atoms with Gasteiger partial charge < -0.3 is 9.26 Å². The van der Waals surface area contributed by atoms with E-state index in [1.165, 1.54) is 13.8 Å². The molecule has 1 aliphatic rings. The summed E-state index contributed by atoms with van der Waals surface area (Å²) in [6.45, 7) is 9.46. The molecular formula is C17H27NO5S. The van der Waals surface area contributed by atoms with Gasteiger partial charge in [0.15, 0.2) is 15.6 Å². The molecule has 7 heteroatoms. The number of Topliss-reactive ketones (excluding diaryl/α,β-unsaturated/α-hetero) is 1. The molecule has 0 aromatic carbocycles. The SMILES string of the molecule is CC(C)(C)c1cc(CC(=O)C(C)(C)S(=O)(=O)CC2CCCO2)no1. The largest absolute Gasteiger partial charge is 0.377 e. The van der Waals surface area contributed by atoms with Crippen molar-refractivity contribution in [1.82, 2.24) is 5.16 Å². The van der Waals surface area contributed by atoms with E-state index in [0.717, 1.165) is 12.8 Å². The molecule has 0 amide bonds. The Hall–Kier alpha value is -1.21. The van der Waals surface area contributed by atoms with Crippen LogP contribution in [0.5, 0.6) is 0 Å². The summed E-state index contributed by atoms with van der Waals surface area (Å²) in [5, 5.41) is 3.91. The number of hydrogen-bond donors (Lipinski definition) is 0. The average Bonchev–Trinajstić information content (AvgIpc) is 3.08. The topological polar surface area (TPSA) is 86.5 Å². The second kappa shape index (κ2) is 6.59. The van der Waals surface area contributed by atoms with E-state index in [1.807, 2.05) is 20.8 Å². The molecule has 0 saturated carbocycles. The summed E-state index contributed by atoms with van der Waals surface area (Å²) < 4.78 is 34.5. The van der Waals surface area contributed by atoms with E-state index < -0.39 is 14.6 Å². The Balaban J connectivity index is 2.10. The Morgan fingerprint density at radius 2 is 1.96 bits per heavy atom. The number of carbonyl (C=O) groups is 1. The van der Waals surface area contributed by atoms with Crippen molar-refractivity contribution in [2.75, 3.05) is 12.4 Å². The van der Waals surface area contributed by atoms with Crippen molar-refractivity contribution >= 4 is 15.6 Å². The predicted octanol–water partition coefficient (Wildman–Crippen LogP) is 2.46. The zero-order chi connectivity index (χ0) is 18.2. The van der Waals surface area contributed by atoms with Gasteiger partial charge in [0.05, 0.1) is 24.0 Å². The standard InChI is InChI=1S/C17H27NO5S/c1-16(2,3)15-10-12(18-23-15)9-14(19)17(4,5)24(20,21)11-13-7-6-8-22-13/h10,13H,6-9,11H2,1-5H3. The first-order valence-corrected chi connectivity index (χ1v) is 9.92. The molecule has 1 fully saturated rings. The van der Waals surface area contributed by atoms with Gasteiger partial charge in [-0.3, -0.25) is 4.79 Å². The lowest BCUT2D eigenvalue weighted by atomic mass is 9.92. The molecule has 0 radical (unpaired) electrons. The third kappa shape index (κ3) is 4.06. The zero-order valence-corrected chi connectivity index (χ0v) is 15.9. The minimum Gasteiger partial charge on any atom is -0.377 e. The van der Waals surface area contributed by atoms with Crippen LogP contribution < -0.4 is 0 Å². The van der Waals surface area contributed by atoms with Crippen molar-refractivity contribution in [1.29, 1.82) is 0 Å². The van der Waals surface area contributed by atoms with E-state index in [0.29, 0.717) is 18.1 Å². The molecule has 0 aliphatic carbocycles. The lowest BCUT2D eigenvalue weighted by Gasteiger charge is -2.24. The van der Waals surface area contributed by atoms with E-state index in [4.69, 9.17) is 9.26 Å². The van der Waals surface area contributed by atoms with Crippen LogP contribution in [-0.2, 0) is 31.2 Å². The van der Waals surface area contributed by atoms with Crippen LogP contribution in [0.3, 0.4) is 0 Å². The highest BCUT2D eigenvalue weighted by atomic mass is 32.2. The molecule has 0 N–H and O–H groups in total. The Morgan fingerprint density at radius 3 is 2.46 bits per heavy atom. The van der Waals surface area contributed by atoms with Crippen molar-refractivity contribution in [3.63, 3.8) is 0 Å². The fraction of sp³-hybridized carbons (Fsp3) is 0.765. The molecule has 1 unspecified atom stereocenters. The van der Waals surface area contributed by atoms with Crippen LogP contribution >= 0.6 is 0 Å². The number of aromatic nitrogens is 1. The number of ether oxygens (including phenoxy) is 1. The first-order chi connectivity index (χ1) is 10.9. The molecule has 1 aromatic heterocycles. The Labute approximate surface area is 143 Å². The highest BCUT2D eigenvalue weighted by Crippen LogP contribution is 2.27. The van der Waals surface area contributed by atoms with Crippen molar-refractivity contribution in [2.45, 2.75) is 70.1 Å². The Kier molecular flexibility index (Phi) is 5.25. The Bertz CT molecular complexity index is 691. The van der Waals surface area contributed by atoms with Crippen molar-refractivity contribution in [2.24, 2.45) is 0 Å². The van der Waals surface area contributed by atoms with Gasteiger partial charge in [0.1, 0.15) is 10.5 Å². The third-order valence-electron chi connectivity index (χ3n) is 4.52. The number of sulfone groups is 1. The third-order valence-corrected chi connectivity index (χ3v) is 7.11.